The van der Waals surface area contributed by atoms with Crippen LogP contribution in [0.25, 0.3) is 0 Å². The average molecular weight is 190 g/mol. The molecule has 0 N–H and O–H groups in total. The van der Waals surface area contributed by atoms with Gasteiger partial charge in [0.05, 0.1) is 0 Å². The Morgan fingerprint density at radius 2 is 2.29 bits per heavy atom. The second-order valence-electron chi connectivity index (χ2n) is 3.83. The van der Waals surface area contributed by atoms with E-state index in [-0.39, 0.29) is 12.1 Å². The van der Waals surface area contributed by atoms with E-state index in [0.717, 1.165) is 5.56 Å². The Kier molecular flexibility index (Phi) is 2.48. The highest BCUT2D eigenvalue weighted by Gasteiger charge is 2.30. The maximum atomic E-state index is 5.46. The van der Waals surface area contributed by atoms with Gasteiger partial charge in [0.1, 0.15) is 12.1 Å². The largest absolute Gasteiger partial charge is 0.477 e. The van der Waals surface area contributed by atoms with Crippen LogP contribution in [0.1, 0.15) is 25.5 Å². The highest BCUT2D eigenvalue weighted by Crippen LogP contribution is 2.30. The van der Waals surface area contributed by atoms with Gasteiger partial charge in [-0.15, -0.1) is 0 Å². The minimum Gasteiger partial charge on any atom is -0.477 e. The van der Waals surface area contributed by atoms with Crippen molar-refractivity contribution in [2.45, 2.75) is 26.0 Å². The second kappa shape index (κ2) is 3.78. The second-order valence-corrected chi connectivity index (χ2v) is 3.83. The number of aliphatic imine (C=N–C) groups is 1. The SMILES string of the molecule is CC(C)C1OC=NC1c1cccnc1. The van der Waals surface area contributed by atoms with E-state index in [4.69, 9.17) is 4.74 Å². The van der Waals surface area contributed by atoms with Crippen LogP contribution in [-0.2, 0) is 4.74 Å². The Morgan fingerprint density at radius 3 is 2.93 bits per heavy atom. The Hall–Kier alpha value is -1.38. The van der Waals surface area contributed by atoms with Gasteiger partial charge in [-0.05, 0) is 17.5 Å². The first-order valence-electron chi connectivity index (χ1n) is 4.86. The molecule has 0 saturated heterocycles. The van der Waals surface area contributed by atoms with Gasteiger partial charge in [0.25, 0.3) is 0 Å². The van der Waals surface area contributed by atoms with Crippen LogP contribution in [0.2, 0.25) is 0 Å². The fraction of sp³-hybridized carbons (Fsp3) is 0.455. The van der Waals surface area contributed by atoms with Gasteiger partial charge in [0, 0.05) is 12.4 Å². The number of hydrogen-bond donors (Lipinski definition) is 0. The third kappa shape index (κ3) is 1.62. The topological polar surface area (TPSA) is 34.5 Å². The highest BCUT2D eigenvalue weighted by atomic mass is 16.5. The zero-order valence-electron chi connectivity index (χ0n) is 8.42. The van der Waals surface area contributed by atoms with Crippen molar-refractivity contribution in [1.82, 2.24) is 4.98 Å². The summed E-state index contributed by atoms with van der Waals surface area (Å²) in [5.41, 5.74) is 1.12. The van der Waals surface area contributed by atoms with Gasteiger partial charge in [-0.3, -0.25) is 4.98 Å². The third-order valence-electron chi connectivity index (χ3n) is 2.43. The summed E-state index contributed by atoms with van der Waals surface area (Å²) in [5.74, 6) is 0.461. The molecule has 2 heterocycles. The normalized spacial score (nSPS) is 25.4. The van der Waals surface area contributed by atoms with E-state index in [0.29, 0.717) is 5.92 Å². The molecular weight excluding hydrogens is 176 g/mol. The summed E-state index contributed by atoms with van der Waals surface area (Å²) in [4.78, 5) is 8.41. The molecule has 0 radical (unpaired) electrons. The molecule has 1 aliphatic heterocycles. The van der Waals surface area contributed by atoms with Crippen LogP contribution in [0, 0.1) is 5.92 Å². The molecule has 0 aliphatic carbocycles. The van der Waals surface area contributed by atoms with E-state index in [1.54, 1.807) is 12.6 Å². The minimum absolute atomic E-state index is 0.115. The lowest BCUT2D eigenvalue weighted by Gasteiger charge is -2.20. The summed E-state index contributed by atoms with van der Waals surface area (Å²) in [6.45, 7) is 4.28. The molecule has 0 fully saturated rings. The quantitative estimate of drug-likeness (QED) is 0.716. The smallest absolute Gasteiger partial charge is 0.170 e. The summed E-state index contributed by atoms with van der Waals surface area (Å²) in [7, 11) is 0. The van der Waals surface area contributed by atoms with Gasteiger partial charge in [0.2, 0.25) is 0 Å². The molecule has 0 saturated carbocycles. The molecule has 0 aromatic carbocycles. The zero-order chi connectivity index (χ0) is 9.97. The summed E-state index contributed by atoms with van der Waals surface area (Å²) < 4.78 is 5.46. The first-order chi connectivity index (χ1) is 6.79. The molecule has 2 unspecified atom stereocenters. The number of aromatic nitrogens is 1. The fourth-order valence-corrected chi connectivity index (χ4v) is 1.68. The molecule has 0 spiro atoms. The fourth-order valence-electron chi connectivity index (χ4n) is 1.68. The van der Waals surface area contributed by atoms with Crippen LogP contribution >= 0.6 is 0 Å². The van der Waals surface area contributed by atoms with Gasteiger partial charge in [0.15, 0.2) is 6.40 Å². The lowest BCUT2D eigenvalue weighted by Crippen LogP contribution is -2.21. The first-order valence-corrected chi connectivity index (χ1v) is 4.86. The summed E-state index contributed by atoms with van der Waals surface area (Å²) >= 11 is 0. The molecule has 2 rings (SSSR count). The summed E-state index contributed by atoms with van der Waals surface area (Å²) in [5, 5.41) is 0. The van der Waals surface area contributed by atoms with Crippen LogP contribution in [0.5, 0.6) is 0 Å². The van der Waals surface area contributed by atoms with E-state index in [9.17, 15) is 0 Å². The van der Waals surface area contributed by atoms with Crippen molar-refractivity contribution in [2.75, 3.05) is 0 Å². The van der Waals surface area contributed by atoms with Crippen molar-refractivity contribution < 1.29 is 4.74 Å². The minimum atomic E-state index is 0.115. The highest BCUT2D eigenvalue weighted by molar-refractivity contribution is 5.51. The molecular formula is C11H14N2O. The number of pyridine rings is 1. The third-order valence-corrected chi connectivity index (χ3v) is 2.43. The number of hydrogen-bond acceptors (Lipinski definition) is 3. The van der Waals surface area contributed by atoms with Crippen LogP contribution in [0.15, 0.2) is 29.5 Å². The molecule has 3 nitrogen and oxygen atoms in total. The molecule has 0 bridgehead atoms. The lowest BCUT2D eigenvalue weighted by molar-refractivity contribution is 0.147. The van der Waals surface area contributed by atoms with Gasteiger partial charge < -0.3 is 4.74 Å². The van der Waals surface area contributed by atoms with Crippen LogP contribution in [-0.4, -0.2) is 17.5 Å². The predicted octanol–water partition coefficient (Wildman–Crippen LogP) is 2.21. The van der Waals surface area contributed by atoms with Crippen LogP contribution < -0.4 is 0 Å². The molecule has 1 aromatic heterocycles. The zero-order valence-corrected chi connectivity index (χ0v) is 8.42. The van der Waals surface area contributed by atoms with Crippen molar-refractivity contribution in [1.29, 1.82) is 0 Å². The van der Waals surface area contributed by atoms with Gasteiger partial charge in [-0.1, -0.05) is 19.9 Å². The number of rotatable bonds is 2. The Bertz CT molecular complexity index is 321. The predicted molar refractivity (Wildman–Crippen MR) is 55.2 cm³/mol. The Balaban J connectivity index is 2.22. The summed E-state index contributed by atoms with van der Waals surface area (Å²) in [6, 6.07) is 4.09. The van der Waals surface area contributed by atoms with Crippen molar-refractivity contribution in [3.05, 3.63) is 30.1 Å². The molecule has 2 atom stereocenters. The lowest BCUT2D eigenvalue weighted by atomic mass is 9.96. The number of nitrogens with zero attached hydrogens (tertiary/aromatic N) is 2. The van der Waals surface area contributed by atoms with E-state index in [1.165, 1.54) is 0 Å². The molecule has 14 heavy (non-hydrogen) atoms. The monoisotopic (exact) mass is 190 g/mol. The van der Waals surface area contributed by atoms with Crippen molar-refractivity contribution in [3.63, 3.8) is 0 Å². The molecule has 1 aliphatic rings. The van der Waals surface area contributed by atoms with Crippen molar-refractivity contribution in [2.24, 2.45) is 10.9 Å². The van der Waals surface area contributed by atoms with Crippen molar-refractivity contribution >= 4 is 6.40 Å². The van der Waals surface area contributed by atoms with Crippen molar-refractivity contribution in [3.8, 4) is 0 Å². The maximum Gasteiger partial charge on any atom is 0.170 e. The van der Waals surface area contributed by atoms with Gasteiger partial charge >= 0.3 is 0 Å². The van der Waals surface area contributed by atoms with E-state index in [2.05, 4.69) is 23.8 Å². The van der Waals surface area contributed by atoms with Crippen LogP contribution in [0.4, 0.5) is 0 Å². The molecule has 74 valence electrons. The first kappa shape index (κ1) is 9.19. The Morgan fingerprint density at radius 1 is 1.43 bits per heavy atom. The van der Waals surface area contributed by atoms with Gasteiger partial charge in [-0.25, -0.2) is 4.99 Å². The van der Waals surface area contributed by atoms with E-state index < -0.39 is 0 Å². The van der Waals surface area contributed by atoms with E-state index in [1.807, 2.05) is 18.3 Å². The molecule has 3 heteroatoms. The van der Waals surface area contributed by atoms with Crippen LogP contribution in [0.3, 0.4) is 0 Å². The maximum absolute atomic E-state index is 5.46. The standard InChI is InChI=1S/C11H14N2O/c1-8(2)11-10(13-7-14-11)9-4-3-5-12-6-9/h3-8,10-11H,1-2H3. The molecule has 1 aromatic rings. The molecule has 0 amide bonds. The summed E-state index contributed by atoms with van der Waals surface area (Å²) in [6.07, 6.45) is 5.33. The van der Waals surface area contributed by atoms with E-state index >= 15 is 0 Å². The van der Waals surface area contributed by atoms with Gasteiger partial charge in [-0.2, -0.15) is 0 Å². The Labute approximate surface area is 83.8 Å². The average Bonchev–Trinajstić information content (AvgIpc) is 2.67. The number of ether oxygens (including phenoxy) is 1.